The molecule has 0 aromatic carbocycles. The molecule has 0 heterocycles. The molecule has 0 atom stereocenters. The first-order valence-electron chi connectivity index (χ1n) is 1.74. The summed E-state index contributed by atoms with van der Waals surface area (Å²) in [5.74, 6) is 0. The Morgan fingerprint density at radius 2 is 1.38 bits per heavy atom. The zero-order valence-electron chi connectivity index (χ0n) is 4.42. The van der Waals surface area contributed by atoms with Crippen molar-refractivity contribution in [2.24, 2.45) is 0 Å². The Labute approximate surface area is 59.7 Å². The predicted octanol–water partition coefficient (Wildman–Crippen LogP) is 2.92. The Kier molecular flexibility index (Phi) is 2.49. The second-order valence-electron chi connectivity index (χ2n) is 1.65. The van der Waals surface area contributed by atoms with E-state index >= 15 is 0 Å². The van der Waals surface area contributed by atoms with Crippen molar-refractivity contribution in [2.45, 2.75) is 5.51 Å². The van der Waals surface area contributed by atoms with Crippen molar-refractivity contribution in [3.05, 3.63) is 0 Å². The predicted molar refractivity (Wildman–Crippen MR) is 39.5 cm³/mol. The van der Waals surface area contributed by atoms with E-state index in [1.165, 1.54) is 33.7 Å². The van der Waals surface area contributed by atoms with Gasteiger partial charge < -0.3 is 0 Å². The van der Waals surface area contributed by atoms with Gasteiger partial charge in [0, 0.05) is 0 Å². The second-order valence-corrected chi connectivity index (χ2v) is 11.1. The topological polar surface area (TPSA) is 0 Å². The lowest BCUT2D eigenvalue weighted by atomic mass is 11.5. The minimum Gasteiger partial charge on any atom is -0.161 e. The molecule has 0 rings (SSSR count). The van der Waals surface area contributed by atoms with Gasteiger partial charge in [-0.15, -0.1) is 0 Å². The quantitative estimate of drug-likeness (QED) is 0.586. The van der Waals surface area contributed by atoms with Gasteiger partial charge in [-0.25, -0.2) is 0 Å². The maximum Gasteiger partial charge on any atom is 0.433 e. The molecule has 0 radical (unpaired) electrons. The molecule has 0 aliphatic rings. The van der Waals surface area contributed by atoms with Crippen molar-refractivity contribution in [1.29, 1.82) is 0 Å². The number of halogens is 4. The molecular formula is C3H6F3IS. The molecule has 0 aliphatic carbocycles. The van der Waals surface area contributed by atoms with Crippen molar-refractivity contribution in [1.82, 2.24) is 0 Å². The second kappa shape index (κ2) is 2.24. The van der Waals surface area contributed by atoms with Gasteiger partial charge in [-0.2, -0.15) is 13.2 Å². The van der Waals surface area contributed by atoms with Crippen molar-refractivity contribution in [3.8, 4) is 0 Å². The first-order chi connectivity index (χ1) is 3.25. The van der Waals surface area contributed by atoms with Crippen LogP contribution in [0, 0.1) is 0 Å². The molecule has 0 saturated carbocycles. The average Bonchev–Trinajstić information content (AvgIpc) is 1.25. The van der Waals surface area contributed by atoms with Gasteiger partial charge in [-0.1, -0.05) is 7.20 Å². The first kappa shape index (κ1) is 8.87. The molecule has 0 bridgehead atoms. The van der Waals surface area contributed by atoms with Crippen molar-refractivity contribution in [3.63, 3.8) is 0 Å². The highest BCUT2D eigenvalue weighted by Crippen LogP contribution is 2.62. The summed E-state index contributed by atoms with van der Waals surface area (Å²) >= 11 is 1.44. The van der Waals surface area contributed by atoms with Crippen LogP contribution in [-0.2, 0) is 0 Å². The van der Waals surface area contributed by atoms with E-state index in [1.807, 2.05) is 0 Å². The lowest BCUT2D eigenvalue weighted by molar-refractivity contribution is -0.0350. The molecule has 5 heteroatoms. The van der Waals surface area contributed by atoms with E-state index in [-0.39, 0.29) is 0 Å². The summed E-state index contributed by atoms with van der Waals surface area (Å²) in [6.45, 7) is 0. The van der Waals surface area contributed by atoms with E-state index in [9.17, 15) is 13.2 Å². The summed E-state index contributed by atoms with van der Waals surface area (Å²) in [6, 6.07) is 0. The SMILES string of the molecule is CS(C)(I)C(F)(F)F. The summed E-state index contributed by atoms with van der Waals surface area (Å²) in [4.78, 5) is 0. The molecule has 0 fully saturated rings. The molecule has 0 aliphatic heterocycles. The van der Waals surface area contributed by atoms with Crippen LogP contribution in [0.15, 0.2) is 0 Å². The van der Waals surface area contributed by atoms with Gasteiger partial charge in [-0.3, -0.25) is 0 Å². The normalized spacial score (nSPS) is 16.2. The highest BCUT2D eigenvalue weighted by molar-refractivity contribution is 14.2. The lowest BCUT2D eigenvalue weighted by Crippen LogP contribution is -2.11. The Bertz CT molecular complexity index is 69.5. The molecule has 0 N–H and O–H groups in total. The lowest BCUT2D eigenvalue weighted by Gasteiger charge is -2.25. The first-order valence-corrected chi connectivity index (χ1v) is 6.73. The Morgan fingerprint density at radius 3 is 1.38 bits per heavy atom. The standard InChI is InChI=1S/C3H6F3IS/c1-8(2,7)3(4,5)6/h1-2H3. The van der Waals surface area contributed by atoms with Crippen LogP contribution < -0.4 is 0 Å². The summed E-state index contributed by atoms with van der Waals surface area (Å²) < 4.78 is 34.8. The van der Waals surface area contributed by atoms with E-state index in [0.717, 1.165) is 0 Å². The number of rotatable bonds is 0. The molecule has 0 spiro atoms. The Balaban J connectivity index is 4.02. The van der Waals surface area contributed by atoms with Gasteiger partial charge in [0.2, 0.25) is 0 Å². The van der Waals surface area contributed by atoms with Crippen molar-refractivity contribution < 1.29 is 13.2 Å². The van der Waals surface area contributed by atoms with Crippen LogP contribution in [0.3, 0.4) is 0 Å². The molecule has 0 unspecified atom stereocenters. The highest BCUT2D eigenvalue weighted by Gasteiger charge is 2.40. The van der Waals surface area contributed by atoms with Crippen LogP contribution in [0.5, 0.6) is 0 Å². The van der Waals surface area contributed by atoms with Gasteiger partial charge in [0.15, 0.2) is 0 Å². The molecule has 0 amide bonds. The van der Waals surface area contributed by atoms with E-state index < -0.39 is 12.7 Å². The highest BCUT2D eigenvalue weighted by atomic mass is 127. The molecular weight excluding hydrogens is 252 g/mol. The molecule has 0 aromatic heterocycles. The molecule has 0 nitrogen and oxygen atoms in total. The van der Waals surface area contributed by atoms with Gasteiger partial charge in [0.25, 0.3) is 0 Å². The molecule has 0 saturated heterocycles. The fraction of sp³-hybridized carbons (Fsp3) is 1.00. The molecule has 0 aromatic rings. The fourth-order valence-corrected chi connectivity index (χ4v) is 0. The number of hydrogen-bond donors (Lipinski definition) is 0. The third-order valence-electron chi connectivity index (χ3n) is 0.550. The van der Waals surface area contributed by atoms with Crippen molar-refractivity contribution in [2.75, 3.05) is 12.5 Å². The summed E-state index contributed by atoms with van der Waals surface area (Å²) in [5.41, 5.74) is -3.99. The van der Waals surface area contributed by atoms with E-state index in [2.05, 4.69) is 0 Å². The van der Waals surface area contributed by atoms with Crippen molar-refractivity contribution >= 4 is 28.4 Å². The molecule has 52 valence electrons. The maximum absolute atomic E-state index is 11.6. The third kappa shape index (κ3) is 2.43. The third-order valence-corrected chi connectivity index (χ3v) is 3.15. The van der Waals surface area contributed by atoms with Crippen LogP contribution >= 0.6 is 28.4 Å². The van der Waals surface area contributed by atoms with Gasteiger partial charge >= 0.3 is 5.51 Å². The Hall–Kier alpha value is 0.870. The minimum atomic E-state index is -3.99. The monoisotopic (exact) mass is 258 g/mol. The summed E-state index contributed by atoms with van der Waals surface area (Å²) in [5, 5.41) is 0. The fourth-order valence-electron chi connectivity index (χ4n) is 0. The maximum atomic E-state index is 11.6. The van der Waals surface area contributed by atoms with E-state index in [1.54, 1.807) is 0 Å². The van der Waals surface area contributed by atoms with Gasteiger partial charge in [0.1, 0.15) is 0 Å². The van der Waals surface area contributed by atoms with Crippen LogP contribution in [-0.4, -0.2) is 18.0 Å². The van der Waals surface area contributed by atoms with Crippen LogP contribution in [0.25, 0.3) is 0 Å². The minimum absolute atomic E-state index is 1.22. The Morgan fingerprint density at radius 1 is 1.25 bits per heavy atom. The van der Waals surface area contributed by atoms with Crippen LogP contribution in [0.2, 0.25) is 0 Å². The average molecular weight is 258 g/mol. The van der Waals surface area contributed by atoms with Crippen LogP contribution in [0.1, 0.15) is 0 Å². The van der Waals surface area contributed by atoms with Gasteiger partial charge in [-0.05, 0) is 33.7 Å². The van der Waals surface area contributed by atoms with E-state index in [0.29, 0.717) is 0 Å². The molecule has 8 heavy (non-hydrogen) atoms. The zero-order chi connectivity index (χ0) is 7.00. The van der Waals surface area contributed by atoms with Gasteiger partial charge in [0.05, 0.1) is 0 Å². The summed E-state index contributed by atoms with van der Waals surface area (Å²) in [6.07, 6.45) is 2.43. The smallest absolute Gasteiger partial charge is 0.161 e. The summed E-state index contributed by atoms with van der Waals surface area (Å²) in [7, 11) is -2.37. The number of hydrogen-bond acceptors (Lipinski definition) is 0. The van der Waals surface area contributed by atoms with E-state index in [4.69, 9.17) is 0 Å². The van der Waals surface area contributed by atoms with Crippen LogP contribution in [0.4, 0.5) is 13.2 Å². The largest absolute Gasteiger partial charge is 0.433 e. The zero-order valence-corrected chi connectivity index (χ0v) is 7.39. The number of alkyl halides is 3.